The van der Waals surface area contributed by atoms with Crippen LogP contribution in [-0.2, 0) is 14.0 Å². The maximum atomic E-state index is 11.5. The summed E-state index contributed by atoms with van der Waals surface area (Å²) < 4.78 is 22.3. The number of hydrogen-bond donors (Lipinski definition) is 3. The number of nitrogens with one attached hydrogen (secondary N) is 1. The molecule has 1 rings (SSSR count). The van der Waals surface area contributed by atoms with E-state index in [1.807, 2.05) is 0 Å². The fourth-order valence-corrected chi connectivity index (χ4v) is 2.16. The summed E-state index contributed by atoms with van der Waals surface area (Å²) in [4.78, 5) is 4.14. The topological polar surface area (TPSA) is 112 Å². The quantitative estimate of drug-likeness (QED) is 0.344. The lowest BCUT2D eigenvalue weighted by atomic mass is 10.1. The summed E-state index contributed by atoms with van der Waals surface area (Å²) in [7, 11) is -2.16. The van der Waals surface area contributed by atoms with Gasteiger partial charge in [-0.15, -0.1) is 6.58 Å². The molecule has 0 bridgehead atoms. The first-order valence-corrected chi connectivity index (χ1v) is 9.05. The van der Waals surface area contributed by atoms with Crippen molar-refractivity contribution in [2.75, 3.05) is 32.9 Å². The molecule has 0 aromatic heterocycles. The Hall–Kier alpha value is -1.30. The van der Waals surface area contributed by atoms with Gasteiger partial charge in [0.2, 0.25) is 0 Å². The third-order valence-electron chi connectivity index (χ3n) is 2.43. The Morgan fingerprint density at radius 3 is 2.75 bits per heavy atom. The third-order valence-corrected chi connectivity index (χ3v) is 3.24. The van der Waals surface area contributed by atoms with Gasteiger partial charge in [0, 0.05) is 5.57 Å². The lowest BCUT2D eigenvalue weighted by Gasteiger charge is -2.24. The number of rotatable bonds is 8. The number of guanidine groups is 1. The van der Waals surface area contributed by atoms with Gasteiger partial charge in [-0.2, -0.15) is 0 Å². The van der Waals surface area contributed by atoms with E-state index >= 15 is 0 Å². The molecule has 0 fully saturated rings. The molecule has 1 aliphatic rings. The van der Waals surface area contributed by atoms with Crippen molar-refractivity contribution in [1.82, 2.24) is 5.32 Å². The largest absolute Gasteiger partial charge is 0.385 e. The summed E-state index contributed by atoms with van der Waals surface area (Å²) in [5, 5.41) is 2.75. The zero-order valence-corrected chi connectivity index (χ0v) is 12.9. The van der Waals surface area contributed by atoms with E-state index in [4.69, 9.17) is 20.9 Å². The molecular weight excluding hydrogens is 279 g/mol. The van der Waals surface area contributed by atoms with Crippen LogP contribution < -0.4 is 16.8 Å². The van der Waals surface area contributed by atoms with Gasteiger partial charge < -0.3 is 30.8 Å². The Morgan fingerprint density at radius 2 is 2.15 bits per heavy atom. The molecule has 0 saturated carbocycles. The Morgan fingerprint density at radius 1 is 1.45 bits per heavy atom. The van der Waals surface area contributed by atoms with Crippen LogP contribution in [0.1, 0.15) is 6.42 Å². The highest BCUT2D eigenvalue weighted by Gasteiger charge is 2.21. The van der Waals surface area contributed by atoms with Crippen LogP contribution in [0.25, 0.3) is 0 Å². The Bertz CT molecular complexity index is 456. The van der Waals surface area contributed by atoms with Crippen LogP contribution >= 0.6 is 7.14 Å². The van der Waals surface area contributed by atoms with Crippen LogP contribution in [0.3, 0.4) is 0 Å². The number of hydrogen-bond acceptors (Lipinski definition) is 7. The normalized spacial score (nSPS) is 19.5. The summed E-state index contributed by atoms with van der Waals surface area (Å²) in [6.45, 7) is 7.68. The van der Waals surface area contributed by atoms with Crippen molar-refractivity contribution < 1.29 is 14.0 Å². The third kappa shape index (κ3) is 5.77. The minimum absolute atomic E-state index is 0.216. The molecule has 0 amide bonds. The summed E-state index contributed by atoms with van der Waals surface area (Å²) in [6, 6.07) is 0. The first-order chi connectivity index (χ1) is 9.33. The molecule has 1 atom stereocenters. The van der Waals surface area contributed by atoms with E-state index in [9.17, 15) is 4.57 Å². The van der Waals surface area contributed by atoms with E-state index in [0.717, 1.165) is 5.57 Å². The highest BCUT2D eigenvalue weighted by molar-refractivity contribution is 7.62. The average Bonchev–Trinajstić information content (AvgIpc) is 2.31. The Balaban J connectivity index is 2.45. The van der Waals surface area contributed by atoms with Crippen LogP contribution in [0.15, 0.2) is 29.0 Å². The van der Waals surface area contributed by atoms with Crippen molar-refractivity contribution in [1.29, 1.82) is 0 Å². The number of aliphatic imine (C=N–C) groups is 1. The Labute approximate surface area is 119 Å². The van der Waals surface area contributed by atoms with Gasteiger partial charge in [0.15, 0.2) is 12.2 Å². The zero-order chi connectivity index (χ0) is 15.2. The summed E-state index contributed by atoms with van der Waals surface area (Å²) in [6.07, 6.45) is 1.98. The molecule has 0 aromatic carbocycles. The van der Waals surface area contributed by atoms with Crippen LogP contribution in [0.5, 0.6) is 0 Å². The van der Waals surface area contributed by atoms with E-state index in [2.05, 4.69) is 16.9 Å². The minimum atomic E-state index is -2.16. The van der Waals surface area contributed by atoms with Crippen molar-refractivity contribution in [3.05, 3.63) is 24.0 Å². The second-order valence-corrected chi connectivity index (χ2v) is 8.31. The van der Waals surface area contributed by atoms with Crippen molar-refractivity contribution in [2.24, 2.45) is 16.5 Å². The molecule has 5 N–H and O–H groups in total. The van der Waals surface area contributed by atoms with Crippen molar-refractivity contribution in [2.45, 2.75) is 12.6 Å². The number of nitrogens with two attached hydrogens (primary N) is 2. The summed E-state index contributed by atoms with van der Waals surface area (Å²) >= 11 is 0. The molecule has 114 valence electrons. The molecule has 0 aliphatic carbocycles. The second-order valence-electron chi connectivity index (χ2n) is 4.91. The van der Waals surface area contributed by atoms with Gasteiger partial charge in [-0.05, 0) is 19.8 Å². The standard InChI is InChI=1S/C12H23N4O3P/c1-4-5-9-10(13)15-12(14)16-11(9)19-7-6-18-8-20(2,3)17/h4,11H,1,5-8,13H2,2-3H3,(H3,14,15,16). The summed E-state index contributed by atoms with van der Waals surface area (Å²) in [5.41, 5.74) is 12.2. The molecule has 7 nitrogen and oxygen atoms in total. The van der Waals surface area contributed by atoms with Gasteiger partial charge in [0.25, 0.3) is 0 Å². The number of allylic oxidation sites excluding steroid dienone is 1. The zero-order valence-electron chi connectivity index (χ0n) is 12.0. The van der Waals surface area contributed by atoms with Crippen LogP contribution in [0.4, 0.5) is 0 Å². The van der Waals surface area contributed by atoms with Crippen molar-refractivity contribution >= 4 is 13.1 Å². The molecular formula is C12H23N4O3P. The maximum absolute atomic E-state index is 11.5. The van der Waals surface area contributed by atoms with Crippen molar-refractivity contribution in [3.8, 4) is 0 Å². The molecule has 0 radical (unpaired) electrons. The average molecular weight is 302 g/mol. The minimum Gasteiger partial charge on any atom is -0.385 e. The van der Waals surface area contributed by atoms with Crippen LogP contribution in [0.2, 0.25) is 0 Å². The van der Waals surface area contributed by atoms with Crippen LogP contribution in [0, 0.1) is 0 Å². The van der Waals surface area contributed by atoms with Gasteiger partial charge in [0.05, 0.1) is 19.6 Å². The smallest absolute Gasteiger partial charge is 0.197 e. The summed E-state index contributed by atoms with van der Waals surface area (Å²) in [5.74, 6) is 0.655. The van der Waals surface area contributed by atoms with Gasteiger partial charge in [-0.1, -0.05) is 6.08 Å². The fourth-order valence-electron chi connectivity index (χ4n) is 1.59. The molecule has 1 aliphatic heterocycles. The van der Waals surface area contributed by atoms with E-state index < -0.39 is 13.4 Å². The monoisotopic (exact) mass is 302 g/mol. The molecule has 8 heteroatoms. The maximum Gasteiger partial charge on any atom is 0.197 e. The van der Waals surface area contributed by atoms with E-state index in [1.165, 1.54) is 0 Å². The lowest BCUT2D eigenvalue weighted by Crippen LogP contribution is -2.42. The molecule has 1 unspecified atom stereocenters. The van der Waals surface area contributed by atoms with E-state index in [1.54, 1.807) is 19.4 Å². The number of ether oxygens (including phenoxy) is 2. The predicted molar refractivity (Wildman–Crippen MR) is 80.8 cm³/mol. The lowest BCUT2D eigenvalue weighted by molar-refractivity contribution is 0.0313. The number of nitrogens with zero attached hydrogens (tertiary/aromatic N) is 1. The van der Waals surface area contributed by atoms with Gasteiger partial charge >= 0.3 is 0 Å². The van der Waals surface area contributed by atoms with Crippen molar-refractivity contribution in [3.63, 3.8) is 0 Å². The fraction of sp³-hybridized carbons (Fsp3) is 0.583. The molecule has 0 aromatic rings. The molecule has 0 saturated heterocycles. The van der Waals surface area contributed by atoms with Gasteiger partial charge in [-0.3, -0.25) is 0 Å². The highest BCUT2D eigenvalue weighted by atomic mass is 31.2. The van der Waals surface area contributed by atoms with E-state index in [-0.39, 0.29) is 12.3 Å². The molecule has 0 spiro atoms. The highest BCUT2D eigenvalue weighted by Crippen LogP contribution is 2.35. The first-order valence-electron chi connectivity index (χ1n) is 6.26. The molecule has 1 heterocycles. The molecule has 20 heavy (non-hydrogen) atoms. The van der Waals surface area contributed by atoms with Gasteiger partial charge in [0.1, 0.15) is 13.0 Å². The first kappa shape index (κ1) is 16.8. The second kappa shape index (κ2) is 7.47. The van der Waals surface area contributed by atoms with Gasteiger partial charge in [-0.25, -0.2) is 4.99 Å². The SMILES string of the molecule is C=CCC1=C(N)NC(N)=NC1OCCOCP(C)(C)=O. The van der Waals surface area contributed by atoms with E-state index in [0.29, 0.717) is 25.5 Å². The Kier molecular flexibility index (Phi) is 6.26. The predicted octanol–water partition coefficient (Wildman–Crippen LogP) is 0.590. The van der Waals surface area contributed by atoms with Crippen LogP contribution in [-0.4, -0.2) is 45.1 Å².